The van der Waals surface area contributed by atoms with Gasteiger partial charge in [0, 0.05) is 4.91 Å². The summed E-state index contributed by atoms with van der Waals surface area (Å²) in [5.74, 6) is -0.0281. The number of hydrogen-bond donors (Lipinski definition) is 0. The molecule has 0 saturated carbocycles. The van der Waals surface area contributed by atoms with Crippen molar-refractivity contribution in [2.24, 2.45) is 5.16 Å². The van der Waals surface area contributed by atoms with Crippen LogP contribution in [0.3, 0.4) is 0 Å². The average molecular weight is 419 g/mol. The second-order valence-corrected chi connectivity index (χ2v) is 9.37. The Morgan fingerprint density at radius 2 is 1.86 bits per heavy atom. The monoisotopic (exact) mass is 418 g/mol. The lowest BCUT2D eigenvalue weighted by molar-refractivity contribution is 0.339. The minimum absolute atomic E-state index is 0.0281. The van der Waals surface area contributed by atoms with Gasteiger partial charge >= 0.3 is 10.1 Å². The van der Waals surface area contributed by atoms with Gasteiger partial charge in [0.05, 0.1) is 11.3 Å². The van der Waals surface area contributed by atoms with E-state index in [-0.39, 0.29) is 5.75 Å². The molecule has 0 unspecified atom stereocenters. The number of nitriles is 1. The molecule has 0 amide bonds. The number of oxime groups is 1. The van der Waals surface area contributed by atoms with Crippen LogP contribution in [0.1, 0.15) is 56.6 Å². The van der Waals surface area contributed by atoms with Gasteiger partial charge in [-0.15, -0.1) is 0 Å². The van der Waals surface area contributed by atoms with E-state index in [1.165, 1.54) is 18.2 Å². The highest BCUT2D eigenvalue weighted by molar-refractivity contribution is 8.18. The Kier molecular flexibility index (Phi) is 8.81. The first-order chi connectivity index (χ1) is 13.5. The molecule has 7 heteroatoms. The maximum atomic E-state index is 12.0. The highest BCUT2D eigenvalue weighted by atomic mass is 32.2. The normalized spacial score (nSPS) is 17.0. The molecule has 0 fully saturated rings. The van der Waals surface area contributed by atoms with Crippen LogP contribution in [0.5, 0.6) is 0 Å². The summed E-state index contributed by atoms with van der Waals surface area (Å²) in [5.41, 5.74) is 2.40. The zero-order valence-electron chi connectivity index (χ0n) is 16.3. The number of benzene rings is 1. The summed E-state index contributed by atoms with van der Waals surface area (Å²) in [6, 6.07) is 9.89. The Morgan fingerprint density at radius 1 is 1.14 bits per heavy atom. The van der Waals surface area contributed by atoms with Crippen LogP contribution in [-0.2, 0) is 14.4 Å². The number of aryl methyl sites for hydroxylation is 1. The number of thioether (sulfide) groups is 1. The van der Waals surface area contributed by atoms with E-state index in [0.717, 1.165) is 41.7 Å². The van der Waals surface area contributed by atoms with Crippen molar-refractivity contribution in [1.29, 1.82) is 5.26 Å². The van der Waals surface area contributed by atoms with Crippen molar-refractivity contribution >= 4 is 32.5 Å². The van der Waals surface area contributed by atoms with Crippen LogP contribution in [-0.4, -0.2) is 19.2 Å². The fraction of sp³-hybridized carbons (Fsp3) is 0.429. The lowest BCUT2D eigenvalue weighted by Gasteiger charge is -2.06. The Bertz CT molecular complexity index is 910. The molecule has 1 aromatic rings. The summed E-state index contributed by atoms with van der Waals surface area (Å²) in [4.78, 5) is 0.729. The predicted molar refractivity (Wildman–Crippen MR) is 116 cm³/mol. The number of rotatable bonds is 10. The average Bonchev–Trinajstić information content (AvgIpc) is 3.14. The first-order valence-corrected chi connectivity index (χ1v) is 11.9. The molecule has 2 rings (SSSR count). The SMILES string of the molecule is CCCCCCCCS(=O)(=O)O/N=C1C=C/C(=C(/C#N)c2ccccc2C)S\1. The molecule has 150 valence electrons. The first kappa shape index (κ1) is 22.3. The van der Waals surface area contributed by atoms with Crippen LogP contribution < -0.4 is 0 Å². The van der Waals surface area contributed by atoms with E-state index in [0.29, 0.717) is 17.0 Å². The summed E-state index contributed by atoms with van der Waals surface area (Å²) in [5, 5.41) is 13.7. The topological polar surface area (TPSA) is 79.5 Å². The van der Waals surface area contributed by atoms with Crippen molar-refractivity contribution in [3.63, 3.8) is 0 Å². The minimum atomic E-state index is -3.68. The van der Waals surface area contributed by atoms with Crippen LogP contribution >= 0.6 is 11.8 Å². The molecule has 1 aromatic carbocycles. The van der Waals surface area contributed by atoms with E-state index in [1.807, 2.05) is 31.2 Å². The van der Waals surface area contributed by atoms with Gasteiger partial charge in [-0.25, -0.2) is 0 Å². The highest BCUT2D eigenvalue weighted by Crippen LogP contribution is 2.34. The van der Waals surface area contributed by atoms with Crippen LogP contribution in [0.15, 0.2) is 46.5 Å². The van der Waals surface area contributed by atoms with Crippen molar-refractivity contribution in [1.82, 2.24) is 0 Å². The standard InChI is InChI=1S/C21H26N2O3S2/c1-3-4-5-6-7-10-15-28(24,25)26-23-21-14-13-20(27-21)19(16-22)18-12-9-8-11-17(18)2/h8-9,11-14H,3-7,10,15H2,1-2H3/b20-19+,23-21+. The number of hydrogen-bond acceptors (Lipinski definition) is 6. The van der Waals surface area contributed by atoms with Gasteiger partial charge in [0.2, 0.25) is 0 Å². The Labute approximate surface area is 172 Å². The second-order valence-electron chi connectivity index (χ2n) is 6.63. The third kappa shape index (κ3) is 6.84. The van der Waals surface area contributed by atoms with E-state index in [9.17, 15) is 13.7 Å². The summed E-state index contributed by atoms with van der Waals surface area (Å²) in [6.07, 6.45) is 9.41. The third-order valence-electron chi connectivity index (χ3n) is 4.35. The Morgan fingerprint density at radius 3 is 2.57 bits per heavy atom. The molecular formula is C21H26N2O3S2. The van der Waals surface area contributed by atoms with Crippen molar-refractivity contribution in [2.45, 2.75) is 52.4 Å². The highest BCUT2D eigenvalue weighted by Gasteiger charge is 2.18. The molecule has 0 atom stereocenters. The Hall–Kier alpha value is -2.04. The van der Waals surface area contributed by atoms with Gasteiger partial charge in [0.15, 0.2) is 0 Å². The molecule has 1 aliphatic rings. The molecule has 1 heterocycles. The quantitative estimate of drug-likeness (QED) is 0.283. The predicted octanol–water partition coefficient (Wildman–Crippen LogP) is 5.55. The lowest BCUT2D eigenvalue weighted by Crippen LogP contribution is -2.08. The van der Waals surface area contributed by atoms with Gasteiger partial charge in [-0.3, -0.25) is 4.28 Å². The number of nitrogens with zero attached hydrogens (tertiary/aromatic N) is 2. The van der Waals surface area contributed by atoms with Gasteiger partial charge in [-0.05, 0) is 36.6 Å². The molecule has 0 spiro atoms. The largest absolute Gasteiger partial charge is 0.328 e. The molecule has 5 nitrogen and oxygen atoms in total. The maximum Gasteiger partial charge on any atom is 0.328 e. The van der Waals surface area contributed by atoms with Gasteiger partial charge in [-0.1, -0.05) is 80.2 Å². The third-order valence-corrected chi connectivity index (χ3v) is 6.42. The molecule has 0 bridgehead atoms. The van der Waals surface area contributed by atoms with E-state index >= 15 is 0 Å². The van der Waals surface area contributed by atoms with Gasteiger partial charge in [-0.2, -0.15) is 13.7 Å². The summed E-state index contributed by atoms with van der Waals surface area (Å²) in [6.45, 7) is 4.09. The first-order valence-electron chi connectivity index (χ1n) is 9.52. The zero-order valence-corrected chi connectivity index (χ0v) is 18.0. The maximum absolute atomic E-state index is 12.0. The van der Waals surface area contributed by atoms with E-state index in [2.05, 4.69) is 18.1 Å². The van der Waals surface area contributed by atoms with Gasteiger partial charge in [0.25, 0.3) is 0 Å². The molecule has 28 heavy (non-hydrogen) atoms. The van der Waals surface area contributed by atoms with Crippen molar-refractivity contribution in [2.75, 3.05) is 5.75 Å². The zero-order chi connectivity index (χ0) is 20.4. The second kappa shape index (κ2) is 11.1. The summed E-state index contributed by atoms with van der Waals surface area (Å²) in [7, 11) is -3.68. The smallest absolute Gasteiger partial charge is 0.267 e. The molecule has 0 saturated heterocycles. The van der Waals surface area contributed by atoms with E-state index < -0.39 is 10.1 Å². The molecule has 0 aliphatic carbocycles. The lowest BCUT2D eigenvalue weighted by atomic mass is 10.0. The number of allylic oxidation sites excluding steroid dienone is 2. The van der Waals surface area contributed by atoms with E-state index in [4.69, 9.17) is 4.28 Å². The van der Waals surface area contributed by atoms with Crippen LogP contribution in [0, 0.1) is 18.3 Å². The van der Waals surface area contributed by atoms with Crippen LogP contribution in [0.4, 0.5) is 0 Å². The fourth-order valence-electron chi connectivity index (χ4n) is 2.80. The van der Waals surface area contributed by atoms with Gasteiger partial charge in [0.1, 0.15) is 11.1 Å². The number of unbranched alkanes of at least 4 members (excludes halogenated alkanes) is 5. The van der Waals surface area contributed by atoms with Crippen LogP contribution in [0.25, 0.3) is 5.57 Å². The molecule has 1 aliphatic heterocycles. The van der Waals surface area contributed by atoms with E-state index in [1.54, 1.807) is 12.2 Å². The Balaban J connectivity index is 1.94. The summed E-state index contributed by atoms with van der Waals surface area (Å²) < 4.78 is 28.8. The van der Waals surface area contributed by atoms with Crippen LogP contribution in [0.2, 0.25) is 0 Å². The molecule has 0 aromatic heterocycles. The molecular weight excluding hydrogens is 392 g/mol. The van der Waals surface area contributed by atoms with Crippen molar-refractivity contribution < 1.29 is 12.7 Å². The molecule has 0 radical (unpaired) electrons. The van der Waals surface area contributed by atoms with Crippen molar-refractivity contribution in [3.05, 3.63) is 52.4 Å². The van der Waals surface area contributed by atoms with Crippen molar-refractivity contribution in [3.8, 4) is 6.07 Å². The summed E-state index contributed by atoms with van der Waals surface area (Å²) >= 11 is 1.23. The fourth-order valence-corrected chi connectivity index (χ4v) is 4.51. The minimum Gasteiger partial charge on any atom is -0.267 e. The van der Waals surface area contributed by atoms with Gasteiger partial charge < -0.3 is 0 Å². The molecule has 0 N–H and O–H groups in total.